The zero-order chi connectivity index (χ0) is 22.8. The third-order valence-electron chi connectivity index (χ3n) is 5.57. The number of rotatable bonds is 24. The predicted octanol–water partition coefficient (Wildman–Crippen LogP) is 7.52. The van der Waals surface area contributed by atoms with Crippen molar-refractivity contribution >= 4 is 5.97 Å². The molecule has 4 nitrogen and oxygen atoms in total. The average molecular weight is 441 g/mol. The summed E-state index contributed by atoms with van der Waals surface area (Å²) >= 11 is 0. The van der Waals surface area contributed by atoms with Crippen LogP contribution in [-0.4, -0.2) is 37.0 Å². The molecule has 0 aromatic carbocycles. The lowest BCUT2D eigenvalue weighted by molar-refractivity contribution is -0.154. The lowest BCUT2D eigenvalue weighted by atomic mass is 10.1. The molecule has 31 heavy (non-hydrogen) atoms. The van der Waals surface area contributed by atoms with Gasteiger partial charge in [-0.3, -0.25) is 4.79 Å². The monoisotopic (exact) mass is 440 g/mol. The Morgan fingerprint density at radius 3 is 1.97 bits per heavy atom. The van der Waals surface area contributed by atoms with Gasteiger partial charge in [0.2, 0.25) is 0 Å². The van der Waals surface area contributed by atoms with Crippen LogP contribution >= 0.6 is 0 Å². The van der Waals surface area contributed by atoms with E-state index in [0.717, 1.165) is 19.3 Å². The minimum Gasteiger partial charge on any atom is -0.457 e. The van der Waals surface area contributed by atoms with Crippen LogP contribution < -0.4 is 0 Å². The van der Waals surface area contributed by atoms with E-state index in [9.17, 15) is 9.90 Å². The molecule has 0 heterocycles. The Balaban J connectivity index is 3.46. The topological polar surface area (TPSA) is 55.8 Å². The summed E-state index contributed by atoms with van der Waals surface area (Å²) in [5.74, 6) is -0.210. The number of aliphatic hydroxyl groups excluding tert-OH is 1. The van der Waals surface area contributed by atoms with E-state index in [-0.39, 0.29) is 12.6 Å². The number of ether oxygens (including phenoxy) is 2. The van der Waals surface area contributed by atoms with Gasteiger partial charge in [-0.15, -0.1) is 0 Å². The molecule has 0 radical (unpaired) electrons. The fraction of sp³-hybridized carbons (Fsp3) is 0.889. The van der Waals surface area contributed by atoms with Crippen molar-refractivity contribution in [3.63, 3.8) is 0 Å². The summed E-state index contributed by atoms with van der Waals surface area (Å²) in [6.45, 7) is 5.24. The smallest absolute Gasteiger partial charge is 0.306 e. The highest BCUT2D eigenvalue weighted by Crippen LogP contribution is 2.11. The minimum absolute atomic E-state index is 0.171. The van der Waals surface area contributed by atoms with Crippen LogP contribution in [0.1, 0.15) is 129 Å². The molecule has 0 rings (SSSR count). The van der Waals surface area contributed by atoms with E-state index in [1.165, 1.54) is 89.9 Å². The van der Waals surface area contributed by atoms with E-state index in [4.69, 9.17) is 9.47 Å². The molecule has 0 amide bonds. The zero-order valence-corrected chi connectivity index (χ0v) is 20.8. The Labute approximate surface area is 193 Å². The summed E-state index contributed by atoms with van der Waals surface area (Å²) in [6.07, 6.45) is 25.2. The van der Waals surface area contributed by atoms with Crippen LogP contribution in [0.4, 0.5) is 0 Å². The first kappa shape index (κ1) is 30.1. The summed E-state index contributed by atoms with van der Waals surface area (Å²) in [6, 6.07) is 0. The quantitative estimate of drug-likeness (QED) is 0.0957. The van der Waals surface area contributed by atoms with Gasteiger partial charge in [0.25, 0.3) is 0 Å². The molecule has 1 N–H and O–H groups in total. The number of hydrogen-bond acceptors (Lipinski definition) is 4. The van der Waals surface area contributed by atoms with Crippen molar-refractivity contribution in [3.8, 4) is 0 Å². The Kier molecular flexibility index (Phi) is 24.7. The summed E-state index contributed by atoms with van der Waals surface area (Å²) in [5, 5.41) is 9.42. The third-order valence-corrected chi connectivity index (χ3v) is 5.57. The summed E-state index contributed by atoms with van der Waals surface area (Å²) in [5.41, 5.74) is 0. The van der Waals surface area contributed by atoms with Crippen molar-refractivity contribution in [2.24, 2.45) is 0 Å². The second-order valence-corrected chi connectivity index (χ2v) is 8.76. The Bertz CT molecular complexity index is 395. The van der Waals surface area contributed by atoms with Crippen LogP contribution in [0.2, 0.25) is 0 Å². The van der Waals surface area contributed by atoms with Gasteiger partial charge in [-0.2, -0.15) is 0 Å². The Morgan fingerprint density at radius 2 is 1.32 bits per heavy atom. The predicted molar refractivity (Wildman–Crippen MR) is 131 cm³/mol. The largest absolute Gasteiger partial charge is 0.457 e. The van der Waals surface area contributed by atoms with Gasteiger partial charge in [0.15, 0.2) is 0 Å². The van der Waals surface area contributed by atoms with Crippen LogP contribution in [-0.2, 0) is 14.3 Å². The zero-order valence-electron chi connectivity index (χ0n) is 20.8. The minimum atomic E-state index is -0.526. The first-order valence-corrected chi connectivity index (χ1v) is 13.3. The van der Waals surface area contributed by atoms with E-state index in [1.54, 1.807) is 0 Å². The number of unbranched alkanes of at least 4 members (excludes halogenated alkanes) is 14. The van der Waals surface area contributed by atoms with E-state index < -0.39 is 6.10 Å². The molecule has 0 saturated heterocycles. The van der Waals surface area contributed by atoms with Gasteiger partial charge in [0, 0.05) is 13.0 Å². The van der Waals surface area contributed by atoms with E-state index in [0.29, 0.717) is 19.6 Å². The molecule has 4 heteroatoms. The molecule has 0 aliphatic rings. The van der Waals surface area contributed by atoms with Crippen molar-refractivity contribution < 1.29 is 19.4 Å². The number of aliphatic hydroxyl groups is 1. The molecular formula is C27H52O4. The average Bonchev–Trinajstić information content (AvgIpc) is 2.77. The lowest BCUT2D eigenvalue weighted by Crippen LogP contribution is -2.27. The summed E-state index contributed by atoms with van der Waals surface area (Å²) in [4.78, 5) is 11.9. The molecule has 184 valence electrons. The fourth-order valence-corrected chi connectivity index (χ4v) is 3.56. The van der Waals surface area contributed by atoms with Crippen molar-refractivity contribution in [2.75, 3.05) is 19.8 Å². The number of hydrogen-bond donors (Lipinski definition) is 1. The fourth-order valence-electron chi connectivity index (χ4n) is 3.56. The molecule has 1 unspecified atom stereocenters. The highest BCUT2D eigenvalue weighted by atomic mass is 16.6. The van der Waals surface area contributed by atoms with Crippen molar-refractivity contribution in [1.29, 1.82) is 0 Å². The van der Waals surface area contributed by atoms with Gasteiger partial charge in [-0.1, -0.05) is 103 Å². The number of carbonyl (C=O) groups excluding carboxylic acids is 1. The first-order valence-electron chi connectivity index (χ1n) is 13.3. The summed E-state index contributed by atoms with van der Waals surface area (Å²) < 4.78 is 11.0. The summed E-state index contributed by atoms with van der Waals surface area (Å²) in [7, 11) is 0. The number of carbonyl (C=O) groups is 1. The SMILES string of the molecule is CCC/C=C\CCCCCCCCOCC(CO)OC(=O)CCCCCCCCCC. The molecule has 1 atom stereocenters. The normalized spacial score (nSPS) is 12.5. The van der Waals surface area contributed by atoms with E-state index >= 15 is 0 Å². The van der Waals surface area contributed by atoms with Gasteiger partial charge < -0.3 is 14.6 Å². The van der Waals surface area contributed by atoms with Gasteiger partial charge >= 0.3 is 5.97 Å². The van der Waals surface area contributed by atoms with Crippen molar-refractivity contribution in [2.45, 2.75) is 136 Å². The van der Waals surface area contributed by atoms with Gasteiger partial charge in [-0.25, -0.2) is 0 Å². The van der Waals surface area contributed by atoms with Gasteiger partial charge in [0.05, 0.1) is 13.2 Å². The van der Waals surface area contributed by atoms with E-state index in [2.05, 4.69) is 26.0 Å². The lowest BCUT2D eigenvalue weighted by Gasteiger charge is -2.15. The maximum atomic E-state index is 11.9. The Hall–Kier alpha value is -0.870. The molecule has 0 bridgehead atoms. The van der Waals surface area contributed by atoms with Crippen LogP contribution in [0.25, 0.3) is 0 Å². The van der Waals surface area contributed by atoms with Crippen LogP contribution in [0.3, 0.4) is 0 Å². The Morgan fingerprint density at radius 1 is 0.742 bits per heavy atom. The van der Waals surface area contributed by atoms with Gasteiger partial charge in [0.1, 0.15) is 6.10 Å². The van der Waals surface area contributed by atoms with Crippen molar-refractivity contribution in [3.05, 3.63) is 12.2 Å². The van der Waals surface area contributed by atoms with Crippen molar-refractivity contribution in [1.82, 2.24) is 0 Å². The van der Waals surface area contributed by atoms with Crippen LogP contribution in [0.15, 0.2) is 12.2 Å². The third kappa shape index (κ3) is 23.6. The maximum Gasteiger partial charge on any atom is 0.306 e. The maximum absolute atomic E-state index is 11.9. The highest BCUT2D eigenvalue weighted by Gasteiger charge is 2.13. The van der Waals surface area contributed by atoms with Crippen LogP contribution in [0, 0.1) is 0 Å². The highest BCUT2D eigenvalue weighted by molar-refractivity contribution is 5.69. The second-order valence-electron chi connectivity index (χ2n) is 8.76. The molecule has 0 spiro atoms. The molecule has 0 aliphatic carbocycles. The number of esters is 1. The molecule has 0 aliphatic heterocycles. The standard InChI is InChI=1S/C27H52O4/c1-3-5-7-9-11-13-14-15-17-19-21-23-30-25-26(24-28)31-27(29)22-20-18-16-12-10-8-6-4-2/h7,9,26,28H,3-6,8,10-25H2,1-2H3/b9-7-. The first-order chi connectivity index (χ1) is 15.2. The molecule has 0 aromatic heterocycles. The van der Waals surface area contributed by atoms with Crippen LogP contribution in [0.5, 0.6) is 0 Å². The van der Waals surface area contributed by atoms with E-state index in [1.807, 2.05) is 0 Å². The van der Waals surface area contributed by atoms with Gasteiger partial charge in [-0.05, 0) is 32.1 Å². The molecular weight excluding hydrogens is 388 g/mol. The molecule has 0 fully saturated rings. The molecule has 0 aromatic rings. The molecule has 0 saturated carbocycles. The number of allylic oxidation sites excluding steroid dienone is 2. The second kappa shape index (κ2) is 25.4.